The van der Waals surface area contributed by atoms with Crippen molar-refractivity contribution in [1.29, 1.82) is 5.26 Å². The van der Waals surface area contributed by atoms with Crippen LogP contribution in [-0.2, 0) is 4.79 Å². The molecule has 1 amide bonds. The van der Waals surface area contributed by atoms with Crippen molar-refractivity contribution < 1.29 is 4.79 Å². The monoisotopic (exact) mass is 256 g/mol. The van der Waals surface area contributed by atoms with Gasteiger partial charge in [0.15, 0.2) is 0 Å². The molecular weight excluding hydrogens is 240 g/mol. The molecule has 2 aliphatic rings. The Labute approximate surface area is 112 Å². The summed E-state index contributed by atoms with van der Waals surface area (Å²) < 4.78 is 0. The minimum atomic E-state index is 0.155. The van der Waals surface area contributed by atoms with Crippen molar-refractivity contribution in [1.82, 2.24) is 10.3 Å². The molecule has 3 rings (SSSR count). The normalized spacial score (nSPS) is 26.4. The van der Waals surface area contributed by atoms with Crippen LogP contribution in [-0.4, -0.2) is 23.0 Å². The molecule has 2 N–H and O–H groups in total. The van der Waals surface area contributed by atoms with E-state index in [2.05, 4.69) is 21.7 Å². The lowest BCUT2D eigenvalue weighted by atomic mass is 9.94. The Morgan fingerprint density at radius 2 is 2.21 bits per heavy atom. The topological polar surface area (TPSA) is 77.8 Å². The summed E-state index contributed by atoms with van der Waals surface area (Å²) in [7, 11) is 0. The standard InChI is InChI=1S/C14H16N4O/c15-7-9-1-5-12(16-8-9)17-11-4-6-13(19)18-14(11)10-2-3-10/h1,5,8,10-11,14H,2-4,6H2,(H,16,17)(H,18,19)/t11-,14+/m1/s1. The Morgan fingerprint density at radius 1 is 1.37 bits per heavy atom. The Hall–Kier alpha value is -2.09. The Balaban J connectivity index is 1.69. The number of carbonyl (C=O) groups is 1. The van der Waals surface area contributed by atoms with Gasteiger partial charge in [0, 0.05) is 18.7 Å². The highest BCUT2D eigenvalue weighted by atomic mass is 16.1. The molecule has 5 heteroatoms. The second-order valence-corrected chi connectivity index (χ2v) is 5.26. The maximum atomic E-state index is 11.5. The van der Waals surface area contributed by atoms with Crippen LogP contribution in [0.1, 0.15) is 31.2 Å². The zero-order valence-corrected chi connectivity index (χ0v) is 10.6. The fourth-order valence-corrected chi connectivity index (χ4v) is 2.62. The van der Waals surface area contributed by atoms with E-state index in [-0.39, 0.29) is 18.0 Å². The van der Waals surface area contributed by atoms with Crippen molar-refractivity contribution >= 4 is 11.7 Å². The maximum Gasteiger partial charge on any atom is 0.220 e. The number of hydrogen-bond donors (Lipinski definition) is 2. The molecule has 0 bridgehead atoms. The van der Waals surface area contributed by atoms with Crippen LogP contribution in [0.15, 0.2) is 18.3 Å². The summed E-state index contributed by atoms with van der Waals surface area (Å²) in [6.45, 7) is 0. The molecule has 19 heavy (non-hydrogen) atoms. The fourth-order valence-electron chi connectivity index (χ4n) is 2.62. The molecule has 1 aliphatic heterocycles. The van der Waals surface area contributed by atoms with Crippen molar-refractivity contribution in [2.45, 2.75) is 37.8 Å². The third kappa shape index (κ3) is 2.68. The van der Waals surface area contributed by atoms with Crippen molar-refractivity contribution in [3.8, 4) is 6.07 Å². The summed E-state index contributed by atoms with van der Waals surface area (Å²) in [5.41, 5.74) is 0.557. The molecule has 98 valence electrons. The van der Waals surface area contributed by atoms with Crippen LogP contribution in [0.25, 0.3) is 0 Å². The van der Waals surface area contributed by atoms with Gasteiger partial charge in [-0.3, -0.25) is 4.79 Å². The zero-order chi connectivity index (χ0) is 13.2. The largest absolute Gasteiger partial charge is 0.365 e. The molecule has 2 atom stereocenters. The number of amides is 1. The quantitative estimate of drug-likeness (QED) is 0.857. The summed E-state index contributed by atoms with van der Waals surface area (Å²) in [4.78, 5) is 15.7. The predicted octanol–water partition coefficient (Wildman–Crippen LogP) is 1.42. The Kier molecular flexibility index (Phi) is 3.08. The molecule has 1 aromatic heterocycles. The van der Waals surface area contributed by atoms with E-state index in [9.17, 15) is 4.79 Å². The number of nitriles is 1. The molecule has 0 radical (unpaired) electrons. The molecule has 2 fully saturated rings. The van der Waals surface area contributed by atoms with Gasteiger partial charge < -0.3 is 10.6 Å². The van der Waals surface area contributed by atoms with E-state index in [1.165, 1.54) is 12.8 Å². The van der Waals surface area contributed by atoms with E-state index in [1.807, 2.05) is 6.07 Å². The molecule has 1 aromatic rings. The van der Waals surface area contributed by atoms with Gasteiger partial charge in [0.1, 0.15) is 11.9 Å². The number of nitrogens with zero attached hydrogens (tertiary/aromatic N) is 2. The van der Waals surface area contributed by atoms with Gasteiger partial charge in [0.2, 0.25) is 5.91 Å². The first-order valence-electron chi connectivity index (χ1n) is 6.68. The minimum Gasteiger partial charge on any atom is -0.365 e. The van der Waals surface area contributed by atoms with Crippen LogP contribution < -0.4 is 10.6 Å². The second-order valence-electron chi connectivity index (χ2n) is 5.26. The fraction of sp³-hybridized carbons (Fsp3) is 0.500. The minimum absolute atomic E-state index is 0.155. The van der Waals surface area contributed by atoms with E-state index in [4.69, 9.17) is 5.26 Å². The van der Waals surface area contributed by atoms with Gasteiger partial charge in [-0.25, -0.2) is 4.98 Å². The molecule has 1 aliphatic carbocycles. The molecule has 2 heterocycles. The van der Waals surface area contributed by atoms with Gasteiger partial charge >= 0.3 is 0 Å². The van der Waals surface area contributed by atoms with Gasteiger partial charge in [-0.15, -0.1) is 0 Å². The van der Waals surface area contributed by atoms with Gasteiger partial charge in [0.25, 0.3) is 0 Å². The van der Waals surface area contributed by atoms with Gasteiger partial charge in [-0.05, 0) is 37.3 Å². The van der Waals surface area contributed by atoms with Crippen LogP contribution in [0.3, 0.4) is 0 Å². The summed E-state index contributed by atoms with van der Waals surface area (Å²) in [5, 5.41) is 15.2. The first-order chi connectivity index (χ1) is 9.26. The number of nitrogens with one attached hydrogen (secondary N) is 2. The van der Waals surface area contributed by atoms with E-state index in [0.29, 0.717) is 17.9 Å². The van der Waals surface area contributed by atoms with Gasteiger partial charge in [-0.2, -0.15) is 5.26 Å². The predicted molar refractivity (Wildman–Crippen MR) is 70.3 cm³/mol. The van der Waals surface area contributed by atoms with E-state index in [1.54, 1.807) is 12.3 Å². The van der Waals surface area contributed by atoms with Crippen LogP contribution in [0.2, 0.25) is 0 Å². The lowest BCUT2D eigenvalue weighted by Crippen LogP contribution is -2.52. The molecule has 1 saturated carbocycles. The molecule has 1 saturated heterocycles. The molecule has 0 unspecified atom stereocenters. The van der Waals surface area contributed by atoms with Gasteiger partial charge in [-0.1, -0.05) is 0 Å². The summed E-state index contributed by atoms with van der Waals surface area (Å²) in [6, 6.07) is 6.09. The lowest BCUT2D eigenvalue weighted by molar-refractivity contribution is -0.123. The lowest BCUT2D eigenvalue weighted by Gasteiger charge is -2.33. The van der Waals surface area contributed by atoms with E-state index in [0.717, 1.165) is 12.2 Å². The second kappa shape index (κ2) is 4.88. The van der Waals surface area contributed by atoms with Gasteiger partial charge in [0.05, 0.1) is 11.6 Å². The third-order valence-electron chi connectivity index (χ3n) is 3.80. The highest BCUT2D eigenvalue weighted by molar-refractivity contribution is 5.77. The number of pyridine rings is 1. The van der Waals surface area contributed by atoms with Crippen molar-refractivity contribution in [3.63, 3.8) is 0 Å². The molecular formula is C14H16N4O. The summed E-state index contributed by atoms with van der Waals surface area (Å²) >= 11 is 0. The van der Waals surface area contributed by atoms with Crippen molar-refractivity contribution in [2.75, 3.05) is 5.32 Å². The average molecular weight is 256 g/mol. The smallest absolute Gasteiger partial charge is 0.220 e. The maximum absolute atomic E-state index is 11.5. The molecule has 0 aromatic carbocycles. The zero-order valence-electron chi connectivity index (χ0n) is 10.6. The molecule has 0 spiro atoms. The highest BCUT2D eigenvalue weighted by Crippen LogP contribution is 2.36. The van der Waals surface area contributed by atoms with Crippen LogP contribution in [0.4, 0.5) is 5.82 Å². The average Bonchev–Trinajstić information content (AvgIpc) is 3.26. The van der Waals surface area contributed by atoms with Crippen molar-refractivity contribution in [2.24, 2.45) is 5.92 Å². The highest BCUT2D eigenvalue weighted by Gasteiger charge is 2.40. The number of piperidine rings is 1. The van der Waals surface area contributed by atoms with E-state index < -0.39 is 0 Å². The van der Waals surface area contributed by atoms with Crippen molar-refractivity contribution in [3.05, 3.63) is 23.9 Å². The summed E-state index contributed by atoms with van der Waals surface area (Å²) in [6.07, 6.45) is 5.37. The first-order valence-corrected chi connectivity index (χ1v) is 6.68. The first kappa shape index (κ1) is 12.0. The van der Waals surface area contributed by atoms with E-state index >= 15 is 0 Å². The summed E-state index contributed by atoms with van der Waals surface area (Å²) in [5.74, 6) is 1.54. The van der Waals surface area contributed by atoms with Crippen LogP contribution in [0, 0.1) is 17.2 Å². The third-order valence-corrected chi connectivity index (χ3v) is 3.80. The number of carbonyl (C=O) groups excluding carboxylic acids is 1. The number of rotatable bonds is 3. The SMILES string of the molecule is N#Cc1ccc(N[C@@H]2CCC(=O)N[C@H]2C2CC2)nc1. The molecule has 5 nitrogen and oxygen atoms in total. The van der Waals surface area contributed by atoms with Crippen LogP contribution >= 0.6 is 0 Å². The number of anilines is 1. The van der Waals surface area contributed by atoms with Crippen LogP contribution in [0.5, 0.6) is 0 Å². The Bertz CT molecular complexity index is 515. The number of hydrogen-bond acceptors (Lipinski definition) is 4. The number of aromatic nitrogens is 1. The Morgan fingerprint density at radius 3 is 2.84 bits per heavy atom.